The number of halogens is 2. The molecule has 0 saturated carbocycles. The second kappa shape index (κ2) is 7.58. The first-order chi connectivity index (χ1) is 10.0. The summed E-state index contributed by atoms with van der Waals surface area (Å²) in [7, 11) is 0. The van der Waals surface area contributed by atoms with Gasteiger partial charge in [0.2, 0.25) is 0 Å². The molecule has 1 unspecified atom stereocenters. The Labute approximate surface area is 131 Å². The van der Waals surface area contributed by atoms with Crippen LogP contribution in [-0.4, -0.2) is 12.6 Å². The predicted octanol–water partition coefficient (Wildman–Crippen LogP) is 4.80. The van der Waals surface area contributed by atoms with E-state index in [0.717, 1.165) is 23.6 Å². The second-order valence-electron chi connectivity index (χ2n) is 5.65. The summed E-state index contributed by atoms with van der Waals surface area (Å²) in [5, 5.41) is 4.20. The normalized spacial score (nSPS) is 12.6. The highest BCUT2D eigenvalue weighted by Gasteiger charge is 2.14. The third kappa shape index (κ3) is 5.14. The van der Waals surface area contributed by atoms with Crippen molar-refractivity contribution in [1.82, 2.24) is 5.32 Å². The SMILES string of the molecule is CC(C)NCC(Cc1cccc(F)c1)c1cccc(Cl)c1. The molecule has 0 fully saturated rings. The lowest BCUT2D eigenvalue weighted by atomic mass is 9.91. The topological polar surface area (TPSA) is 12.0 Å². The van der Waals surface area contributed by atoms with Crippen LogP contribution in [0.2, 0.25) is 5.02 Å². The van der Waals surface area contributed by atoms with E-state index < -0.39 is 0 Å². The summed E-state index contributed by atoms with van der Waals surface area (Å²) in [6.45, 7) is 5.09. The van der Waals surface area contributed by atoms with Crippen LogP contribution >= 0.6 is 11.6 Å². The molecule has 0 aliphatic carbocycles. The molecule has 0 radical (unpaired) electrons. The first-order valence-electron chi connectivity index (χ1n) is 7.28. The zero-order valence-corrected chi connectivity index (χ0v) is 13.2. The Hall–Kier alpha value is -1.38. The summed E-state index contributed by atoms with van der Waals surface area (Å²) in [5.74, 6) is 0.0852. The van der Waals surface area contributed by atoms with E-state index in [9.17, 15) is 4.39 Å². The molecule has 2 aromatic carbocycles. The minimum atomic E-state index is -0.186. The predicted molar refractivity (Wildman–Crippen MR) is 87.4 cm³/mol. The molecule has 0 aliphatic rings. The standard InChI is InChI=1S/C18H21ClFN/c1-13(2)21-12-16(15-6-4-7-17(19)11-15)9-14-5-3-8-18(20)10-14/h3-8,10-11,13,16,21H,9,12H2,1-2H3. The number of nitrogens with one attached hydrogen (secondary N) is 1. The van der Waals surface area contributed by atoms with Gasteiger partial charge in [-0.25, -0.2) is 4.39 Å². The maximum Gasteiger partial charge on any atom is 0.123 e. The van der Waals surface area contributed by atoms with Crippen molar-refractivity contribution in [3.63, 3.8) is 0 Å². The molecule has 0 bridgehead atoms. The van der Waals surface area contributed by atoms with Gasteiger partial charge in [-0.15, -0.1) is 0 Å². The van der Waals surface area contributed by atoms with Crippen molar-refractivity contribution in [3.05, 3.63) is 70.5 Å². The summed E-state index contributed by atoms with van der Waals surface area (Å²) in [6.07, 6.45) is 0.790. The van der Waals surface area contributed by atoms with Crippen LogP contribution in [0.1, 0.15) is 30.9 Å². The monoisotopic (exact) mass is 305 g/mol. The van der Waals surface area contributed by atoms with Crippen molar-refractivity contribution in [2.75, 3.05) is 6.54 Å². The summed E-state index contributed by atoms with van der Waals surface area (Å²) < 4.78 is 13.4. The Balaban J connectivity index is 2.19. The molecule has 0 amide bonds. The van der Waals surface area contributed by atoms with E-state index in [2.05, 4.69) is 25.2 Å². The lowest BCUT2D eigenvalue weighted by Gasteiger charge is -2.20. The number of hydrogen-bond donors (Lipinski definition) is 1. The molecule has 1 atom stereocenters. The number of hydrogen-bond acceptors (Lipinski definition) is 1. The zero-order valence-electron chi connectivity index (χ0n) is 12.4. The molecule has 0 spiro atoms. The van der Waals surface area contributed by atoms with Gasteiger partial charge in [-0.2, -0.15) is 0 Å². The Morgan fingerprint density at radius 1 is 1.10 bits per heavy atom. The molecule has 2 rings (SSSR count). The van der Waals surface area contributed by atoms with Gasteiger partial charge in [0.05, 0.1) is 0 Å². The van der Waals surface area contributed by atoms with Crippen molar-refractivity contribution < 1.29 is 4.39 Å². The molecule has 112 valence electrons. The molecule has 21 heavy (non-hydrogen) atoms. The third-order valence-electron chi connectivity index (χ3n) is 3.46. The van der Waals surface area contributed by atoms with Crippen molar-refractivity contribution in [1.29, 1.82) is 0 Å². The molecular weight excluding hydrogens is 285 g/mol. The van der Waals surface area contributed by atoms with E-state index >= 15 is 0 Å². The van der Waals surface area contributed by atoms with Crippen LogP contribution in [0.5, 0.6) is 0 Å². The van der Waals surface area contributed by atoms with Crippen molar-refractivity contribution in [3.8, 4) is 0 Å². The van der Waals surface area contributed by atoms with E-state index in [0.29, 0.717) is 6.04 Å². The van der Waals surface area contributed by atoms with Gasteiger partial charge < -0.3 is 5.32 Å². The van der Waals surface area contributed by atoms with Gasteiger partial charge in [-0.1, -0.05) is 49.7 Å². The van der Waals surface area contributed by atoms with Gasteiger partial charge in [-0.3, -0.25) is 0 Å². The molecule has 1 nitrogen and oxygen atoms in total. The molecule has 0 aromatic heterocycles. The van der Waals surface area contributed by atoms with Gasteiger partial charge in [0, 0.05) is 23.5 Å². The summed E-state index contributed by atoms with van der Waals surface area (Å²) in [6, 6.07) is 15.1. The molecule has 0 heterocycles. The minimum Gasteiger partial charge on any atom is -0.314 e. The van der Waals surface area contributed by atoms with Gasteiger partial charge in [-0.05, 0) is 41.8 Å². The molecule has 0 saturated heterocycles. The van der Waals surface area contributed by atoms with E-state index in [-0.39, 0.29) is 11.7 Å². The lowest BCUT2D eigenvalue weighted by Crippen LogP contribution is -2.29. The van der Waals surface area contributed by atoms with Crippen LogP contribution < -0.4 is 5.32 Å². The van der Waals surface area contributed by atoms with E-state index in [1.807, 2.05) is 24.3 Å². The Morgan fingerprint density at radius 3 is 2.52 bits per heavy atom. The smallest absolute Gasteiger partial charge is 0.123 e. The van der Waals surface area contributed by atoms with Crippen LogP contribution in [0.4, 0.5) is 4.39 Å². The van der Waals surface area contributed by atoms with E-state index in [4.69, 9.17) is 11.6 Å². The number of rotatable bonds is 6. The first kappa shape index (κ1) is 16.0. The highest BCUT2D eigenvalue weighted by atomic mass is 35.5. The quantitative estimate of drug-likeness (QED) is 0.808. The maximum absolute atomic E-state index is 13.4. The van der Waals surface area contributed by atoms with Crippen molar-refractivity contribution >= 4 is 11.6 Å². The largest absolute Gasteiger partial charge is 0.314 e. The molecule has 0 aliphatic heterocycles. The van der Waals surface area contributed by atoms with Crippen molar-refractivity contribution in [2.45, 2.75) is 32.2 Å². The Bertz CT molecular complexity index is 583. The molecule has 1 N–H and O–H groups in total. The fourth-order valence-electron chi connectivity index (χ4n) is 2.39. The van der Waals surface area contributed by atoms with Gasteiger partial charge in [0.25, 0.3) is 0 Å². The fraction of sp³-hybridized carbons (Fsp3) is 0.333. The minimum absolute atomic E-state index is 0.186. The highest BCUT2D eigenvalue weighted by molar-refractivity contribution is 6.30. The molecule has 2 aromatic rings. The van der Waals surface area contributed by atoms with E-state index in [1.165, 1.54) is 11.6 Å². The maximum atomic E-state index is 13.4. The van der Waals surface area contributed by atoms with Crippen molar-refractivity contribution in [2.24, 2.45) is 0 Å². The summed E-state index contributed by atoms with van der Waals surface area (Å²) >= 11 is 6.10. The van der Waals surface area contributed by atoms with Gasteiger partial charge in [0.1, 0.15) is 5.82 Å². The van der Waals surface area contributed by atoms with E-state index in [1.54, 1.807) is 12.1 Å². The molecular formula is C18H21ClFN. The van der Waals surface area contributed by atoms with Gasteiger partial charge >= 0.3 is 0 Å². The average molecular weight is 306 g/mol. The lowest BCUT2D eigenvalue weighted by molar-refractivity contribution is 0.525. The number of benzene rings is 2. The summed E-state index contributed by atoms with van der Waals surface area (Å²) in [4.78, 5) is 0. The molecule has 3 heteroatoms. The van der Waals surface area contributed by atoms with Crippen LogP contribution in [0.3, 0.4) is 0 Å². The third-order valence-corrected chi connectivity index (χ3v) is 3.70. The first-order valence-corrected chi connectivity index (χ1v) is 7.65. The second-order valence-corrected chi connectivity index (χ2v) is 6.09. The van der Waals surface area contributed by atoms with Crippen LogP contribution in [-0.2, 0) is 6.42 Å². The average Bonchev–Trinajstić information content (AvgIpc) is 2.43. The fourth-order valence-corrected chi connectivity index (χ4v) is 2.59. The Kier molecular flexibility index (Phi) is 5.77. The van der Waals surface area contributed by atoms with Crippen LogP contribution in [0, 0.1) is 5.82 Å². The summed E-state index contributed by atoms with van der Waals surface area (Å²) in [5.41, 5.74) is 2.19. The highest BCUT2D eigenvalue weighted by Crippen LogP contribution is 2.23. The Morgan fingerprint density at radius 2 is 1.86 bits per heavy atom. The van der Waals surface area contributed by atoms with Crippen LogP contribution in [0.25, 0.3) is 0 Å². The zero-order chi connectivity index (χ0) is 15.2. The van der Waals surface area contributed by atoms with Gasteiger partial charge in [0.15, 0.2) is 0 Å². The van der Waals surface area contributed by atoms with Crippen LogP contribution in [0.15, 0.2) is 48.5 Å².